The number of pyridine rings is 2. The Kier molecular flexibility index (Phi) is 5.58. The number of fused-ring (bicyclic) bond motifs is 3. The maximum absolute atomic E-state index is 13.0. The largest absolute Gasteiger partial charge is 0.381 e. The molecular formula is C22H29N5O3S. The van der Waals surface area contributed by atoms with Crippen LogP contribution in [0.5, 0.6) is 0 Å². The van der Waals surface area contributed by atoms with E-state index in [1.807, 2.05) is 24.4 Å². The molecule has 8 nitrogen and oxygen atoms in total. The molecule has 5 heterocycles. The molecule has 4 fully saturated rings. The summed E-state index contributed by atoms with van der Waals surface area (Å²) in [5.74, 6) is 0.818. The van der Waals surface area contributed by atoms with E-state index in [-0.39, 0.29) is 4.90 Å². The van der Waals surface area contributed by atoms with Gasteiger partial charge in [0.25, 0.3) is 0 Å². The van der Waals surface area contributed by atoms with Crippen molar-refractivity contribution < 1.29 is 13.2 Å². The summed E-state index contributed by atoms with van der Waals surface area (Å²) in [6.45, 7) is 2.21. The molecule has 4 aliphatic rings. The van der Waals surface area contributed by atoms with Gasteiger partial charge < -0.3 is 15.0 Å². The third-order valence-electron chi connectivity index (χ3n) is 6.72. The molecule has 31 heavy (non-hydrogen) atoms. The van der Waals surface area contributed by atoms with Crippen LogP contribution in [0.25, 0.3) is 0 Å². The molecule has 3 aliphatic heterocycles. The third kappa shape index (κ3) is 4.53. The lowest BCUT2D eigenvalue weighted by Gasteiger charge is -2.46. The van der Waals surface area contributed by atoms with Gasteiger partial charge >= 0.3 is 0 Å². The molecule has 0 amide bonds. The van der Waals surface area contributed by atoms with Gasteiger partial charge in [-0.15, -0.1) is 0 Å². The average Bonchev–Trinajstić information content (AvgIpc) is 2.81. The van der Waals surface area contributed by atoms with Crippen molar-refractivity contribution in [3.05, 3.63) is 42.9 Å². The van der Waals surface area contributed by atoms with Crippen molar-refractivity contribution in [2.75, 3.05) is 29.9 Å². The molecule has 9 heteroatoms. The number of ether oxygens (including phenoxy) is 1. The van der Waals surface area contributed by atoms with Crippen LogP contribution in [0.4, 0.5) is 11.5 Å². The smallest absolute Gasteiger partial charge is 0.242 e. The Morgan fingerprint density at radius 1 is 1.06 bits per heavy atom. The third-order valence-corrected chi connectivity index (χ3v) is 8.28. The quantitative estimate of drug-likeness (QED) is 0.708. The molecule has 2 bridgehead atoms. The molecule has 2 aromatic rings. The van der Waals surface area contributed by atoms with E-state index in [1.54, 1.807) is 12.3 Å². The van der Waals surface area contributed by atoms with Gasteiger partial charge in [0.05, 0.1) is 23.9 Å². The first-order chi connectivity index (χ1) is 15.0. The van der Waals surface area contributed by atoms with Crippen LogP contribution in [0.2, 0.25) is 0 Å². The summed E-state index contributed by atoms with van der Waals surface area (Å²) in [6, 6.07) is 7.83. The van der Waals surface area contributed by atoms with Crippen molar-refractivity contribution in [3.63, 3.8) is 0 Å². The Balaban J connectivity index is 1.19. The number of anilines is 2. The van der Waals surface area contributed by atoms with Gasteiger partial charge in [-0.05, 0) is 62.8 Å². The molecule has 2 aromatic heterocycles. The Bertz CT molecular complexity index is 970. The predicted octanol–water partition coefficient (Wildman–Crippen LogP) is 2.55. The summed E-state index contributed by atoms with van der Waals surface area (Å²) in [5.41, 5.74) is 0.576. The van der Waals surface area contributed by atoms with Gasteiger partial charge in [0.2, 0.25) is 10.0 Å². The normalized spacial score (nSPS) is 26.7. The fourth-order valence-corrected chi connectivity index (χ4v) is 6.25. The second-order valence-corrected chi connectivity index (χ2v) is 10.6. The number of piperidine rings is 1. The van der Waals surface area contributed by atoms with Crippen LogP contribution in [-0.2, 0) is 14.8 Å². The lowest BCUT2D eigenvalue weighted by Crippen LogP contribution is -2.58. The molecule has 0 atom stereocenters. The maximum atomic E-state index is 13.0. The number of hydrogen-bond donors (Lipinski definition) is 2. The van der Waals surface area contributed by atoms with Crippen molar-refractivity contribution in [1.29, 1.82) is 0 Å². The molecule has 1 aliphatic carbocycles. The van der Waals surface area contributed by atoms with Crippen LogP contribution in [0.15, 0.2) is 47.8 Å². The van der Waals surface area contributed by atoms with E-state index in [0.29, 0.717) is 18.8 Å². The maximum Gasteiger partial charge on any atom is 0.242 e. The molecule has 0 radical (unpaired) electrons. The first kappa shape index (κ1) is 20.7. The molecule has 2 N–H and O–H groups in total. The fraction of sp³-hybridized carbons (Fsp3) is 0.545. The first-order valence-electron chi connectivity index (χ1n) is 11.0. The van der Waals surface area contributed by atoms with Gasteiger partial charge in [0.15, 0.2) is 0 Å². The predicted molar refractivity (Wildman–Crippen MR) is 119 cm³/mol. The van der Waals surface area contributed by atoms with Crippen LogP contribution >= 0.6 is 0 Å². The Morgan fingerprint density at radius 3 is 2.48 bits per heavy atom. The topological polar surface area (TPSA) is 96.5 Å². The minimum absolute atomic E-state index is 0.214. The van der Waals surface area contributed by atoms with Crippen molar-refractivity contribution in [2.45, 2.75) is 61.1 Å². The SMILES string of the molecule is O=S(=O)(NC12CCC(CC1)OC2)c1ccc(N2CCC(Nc3cccnc3)CC2)nc1. The van der Waals surface area contributed by atoms with Crippen LogP contribution in [0.3, 0.4) is 0 Å². The Morgan fingerprint density at radius 2 is 1.87 bits per heavy atom. The van der Waals surface area contributed by atoms with Crippen molar-refractivity contribution in [3.8, 4) is 0 Å². The standard InChI is InChI=1S/C22H29N5O3S/c28-31(29,26-22-9-5-19(6-10-22)30-16-22)20-3-4-21(24-15-20)27-12-7-17(8-13-27)25-18-2-1-11-23-14-18/h1-4,11,14-15,17,19,25-26H,5-10,12-13,16H2. The van der Waals surface area contributed by atoms with Crippen LogP contribution in [-0.4, -0.2) is 55.8 Å². The van der Waals surface area contributed by atoms with E-state index in [4.69, 9.17) is 4.74 Å². The van der Waals surface area contributed by atoms with E-state index >= 15 is 0 Å². The number of hydrogen-bond acceptors (Lipinski definition) is 7. The summed E-state index contributed by atoms with van der Waals surface area (Å²) in [4.78, 5) is 11.0. The Hall–Kier alpha value is -2.23. The number of rotatable bonds is 6. The zero-order chi connectivity index (χ0) is 21.3. The molecule has 0 unspecified atom stereocenters. The minimum atomic E-state index is -3.62. The summed E-state index contributed by atoms with van der Waals surface area (Å²) >= 11 is 0. The number of nitrogens with zero attached hydrogens (tertiary/aromatic N) is 3. The molecule has 1 saturated carbocycles. The van der Waals surface area contributed by atoms with E-state index in [1.165, 1.54) is 6.20 Å². The highest BCUT2D eigenvalue weighted by Crippen LogP contribution is 2.37. The molecule has 6 rings (SSSR count). The molecule has 166 valence electrons. The van der Waals surface area contributed by atoms with Crippen molar-refractivity contribution in [2.24, 2.45) is 0 Å². The van der Waals surface area contributed by atoms with Gasteiger partial charge in [-0.2, -0.15) is 0 Å². The van der Waals surface area contributed by atoms with Crippen LogP contribution < -0.4 is 14.9 Å². The van der Waals surface area contributed by atoms with Crippen LogP contribution in [0.1, 0.15) is 38.5 Å². The monoisotopic (exact) mass is 443 g/mol. The summed E-state index contributed by atoms with van der Waals surface area (Å²) in [7, 11) is -3.62. The number of aromatic nitrogens is 2. The lowest BCUT2D eigenvalue weighted by molar-refractivity contribution is -0.0804. The zero-order valence-corrected chi connectivity index (χ0v) is 18.4. The van der Waals surface area contributed by atoms with E-state index in [2.05, 4.69) is 24.9 Å². The Labute approximate surface area is 183 Å². The molecule has 0 spiro atoms. The zero-order valence-electron chi connectivity index (χ0n) is 17.5. The van der Waals surface area contributed by atoms with E-state index in [0.717, 1.165) is 63.1 Å². The first-order valence-corrected chi connectivity index (χ1v) is 12.5. The van der Waals surface area contributed by atoms with Gasteiger partial charge in [-0.1, -0.05) is 0 Å². The summed E-state index contributed by atoms with van der Waals surface area (Å²) in [5, 5.41) is 3.53. The number of nitrogens with one attached hydrogen (secondary N) is 2. The fourth-order valence-electron chi connectivity index (χ4n) is 4.86. The van der Waals surface area contributed by atoms with Gasteiger partial charge in [0, 0.05) is 37.7 Å². The minimum Gasteiger partial charge on any atom is -0.381 e. The second-order valence-electron chi connectivity index (χ2n) is 8.90. The number of sulfonamides is 1. The van der Waals surface area contributed by atoms with Gasteiger partial charge in [0.1, 0.15) is 10.7 Å². The molecular weight excluding hydrogens is 414 g/mol. The summed E-state index contributed by atoms with van der Waals surface area (Å²) < 4.78 is 34.6. The summed E-state index contributed by atoms with van der Waals surface area (Å²) in [6.07, 6.45) is 10.9. The second kappa shape index (κ2) is 8.37. The van der Waals surface area contributed by atoms with Crippen molar-refractivity contribution >= 4 is 21.5 Å². The van der Waals surface area contributed by atoms with Crippen molar-refractivity contribution in [1.82, 2.24) is 14.7 Å². The average molecular weight is 444 g/mol. The lowest BCUT2D eigenvalue weighted by atomic mass is 9.79. The molecule has 3 saturated heterocycles. The van der Waals surface area contributed by atoms with Crippen LogP contribution in [0, 0.1) is 0 Å². The van der Waals surface area contributed by atoms with Gasteiger partial charge in [-0.3, -0.25) is 4.98 Å². The van der Waals surface area contributed by atoms with Gasteiger partial charge in [-0.25, -0.2) is 18.1 Å². The molecule has 0 aromatic carbocycles. The highest BCUT2D eigenvalue weighted by atomic mass is 32.2. The highest BCUT2D eigenvalue weighted by molar-refractivity contribution is 7.89. The van der Waals surface area contributed by atoms with E-state index in [9.17, 15) is 8.42 Å². The van der Waals surface area contributed by atoms with E-state index < -0.39 is 15.6 Å². The highest BCUT2D eigenvalue weighted by Gasteiger charge is 2.44.